The molecule has 3 atom stereocenters. The molecule has 244 valence electrons. The second-order valence-corrected chi connectivity index (χ2v) is 18.4. The lowest BCUT2D eigenvalue weighted by atomic mass is 9.91. The maximum absolute atomic E-state index is 12.0. The van der Waals surface area contributed by atoms with Crippen LogP contribution < -0.4 is 14.8 Å². The Labute approximate surface area is 265 Å². The average molecular weight is 627 g/mol. The zero-order valence-corrected chi connectivity index (χ0v) is 28.7. The first kappa shape index (κ1) is 34.3. The molecule has 2 fully saturated rings. The van der Waals surface area contributed by atoms with Crippen molar-refractivity contribution >= 4 is 14.4 Å². The molecular formula is C35H54N2O6Si. The molecule has 2 aromatic carbocycles. The van der Waals surface area contributed by atoms with E-state index in [0.29, 0.717) is 43.4 Å². The van der Waals surface area contributed by atoms with Crippen LogP contribution in [0.25, 0.3) is 0 Å². The van der Waals surface area contributed by atoms with Crippen molar-refractivity contribution in [1.82, 2.24) is 10.2 Å². The van der Waals surface area contributed by atoms with Gasteiger partial charge in [0.2, 0.25) is 0 Å². The van der Waals surface area contributed by atoms with Crippen molar-refractivity contribution in [2.24, 2.45) is 0 Å². The van der Waals surface area contributed by atoms with E-state index in [1.54, 1.807) is 7.11 Å². The van der Waals surface area contributed by atoms with Gasteiger partial charge in [0.25, 0.3) is 0 Å². The molecule has 1 unspecified atom stereocenters. The number of ether oxygens (including phenoxy) is 4. The standard InChI is InChI=1S/C35H54N2O6Si/c1-35(2,3)44(5,6)43-29-18-21-37(25-29)30-14-10-11-15-31(30)40-22-19-27-16-17-32(33(24-27)39-4)41-23-20-36-34(38)42-26-28-12-8-7-9-13-28/h7-9,12-13,16-17,24,29-31H,10-11,14-15,18-23,25-26H2,1-6H3,(H,36,38)/t29-,30?,31-/m0/s1. The van der Waals surface area contributed by atoms with Crippen LogP contribution in [-0.2, 0) is 26.9 Å². The van der Waals surface area contributed by atoms with Crippen molar-refractivity contribution in [2.45, 2.75) is 102 Å². The van der Waals surface area contributed by atoms with Crippen LogP contribution in [0.3, 0.4) is 0 Å². The van der Waals surface area contributed by atoms with E-state index in [1.165, 1.54) is 19.3 Å². The fourth-order valence-electron chi connectivity index (χ4n) is 5.84. The van der Waals surface area contributed by atoms with E-state index in [4.69, 9.17) is 23.4 Å². The Morgan fingerprint density at radius 1 is 0.977 bits per heavy atom. The summed E-state index contributed by atoms with van der Waals surface area (Å²) in [7, 11) is -0.118. The van der Waals surface area contributed by atoms with Crippen LogP contribution in [0.15, 0.2) is 48.5 Å². The Bertz CT molecular complexity index is 1170. The maximum atomic E-state index is 12.0. The molecule has 1 aliphatic carbocycles. The summed E-state index contributed by atoms with van der Waals surface area (Å²) in [6.45, 7) is 15.4. The number of nitrogens with one attached hydrogen (secondary N) is 1. The minimum atomic E-state index is -1.76. The summed E-state index contributed by atoms with van der Waals surface area (Å²) in [4.78, 5) is 14.6. The molecule has 1 heterocycles. The number of methoxy groups -OCH3 is 1. The number of hydrogen-bond acceptors (Lipinski definition) is 7. The number of benzene rings is 2. The van der Waals surface area contributed by atoms with Gasteiger partial charge in [0, 0.05) is 19.1 Å². The molecule has 9 heteroatoms. The first-order valence-corrected chi connectivity index (χ1v) is 19.2. The van der Waals surface area contributed by atoms with Crippen molar-refractivity contribution in [3.05, 3.63) is 59.7 Å². The van der Waals surface area contributed by atoms with Crippen molar-refractivity contribution in [3.8, 4) is 11.5 Å². The summed E-state index contributed by atoms with van der Waals surface area (Å²) < 4.78 is 30.1. The Balaban J connectivity index is 1.19. The van der Waals surface area contributed by atoms with Gasteiger partial charge in [-0.3, -0.25) is 4.90 Å². The van der Waals surface area contributed by atoms with Crippen LogP contribution in [0.1, 0.15) is 64.0 Å². The van der Waals surface area contributed by atoms with Crippen LogP contribution in [-0.4, -0.2) is 77.5 Å². The third-order valence-corrected chi connectivity index (χ3v) is 13.9. The summed E-state index contributed by atoms with van der Waals surface area (Å²) >= 11 is 0. The van der Waals surface area contributed by atoms with Crippen molar-refractivity contribution < 1.29 is 28.2 Å². The highest BCUT2D eigenvalue weighted by molar-refractivity contribution is 6.74. The van der Waals surface area contributed by atoms with Crippen LogP contribution in [0, 0.1) is 0 Å². The predicted molar refractivity (Wildman–Crippen MR) is 177 cm³/mol. The van der Waals surface area contributed by atoms with Gasteiger partial charge < -0.3 is 28.7 Å². The number of carbonyl (C=O) groups excluding carboxylic acids is 1. The van der Waals surface area contributed by atoms with E-state index >= 15 is 0 Å². The van der Waals surface area contributed by atoms with Gasteiger partial charge in [-0.1, -0.05) is 70.0 Å². The predicted octanol–water partition coefficient (Wildman–Crippen LogP) is 6.97. The molecule has 1 aliphatic heterocycles. The Morgan fingerprint density at radius 3 is 2.50 bits per heavy atom. The summed E-state index contributed by atoms with van der Waals surface area (Å²) in [6.07, 6.45) is 6.92. The van der Waals surface area contributed by atoms with E-state index in [-0.39, 0.29) is 17.7 Å². The van der Waals surface area contributed by atoms with Crippen molar-refractivity contribution in [3.63, 3.8) is 0 Å². The number of carbonyl (C=O) groups is 1. The molecule has 0 spiro atoms. The monoisotopic (exact) mass is 626 g/mol. The zero-order chi connectivity index (χ0) is 31.6. The molecule has 8 nitrogen and oxygen atoms in total. The highest BCUT2D eigenvalue weighted by Gasteiger charge is 2.42. The Morgan fingerprint density at radius 2 is 1.75 bits per heavy atom. The molecule has 1 N–H and O–H groups in total. The topological polar surface area (TPSA) is 78.5 Å². The molecule has 44 heavy (non-hydrogen) atoms. The molecule has 2 aliphatic rings. The summed E-state index contributed by atoms with van der Waals surface area (Å²) in [5.74, 6) is 1.32. The average Bonchev–Trinajstić information content (AvgIpc) is 3.46. The van der Waals surface area contributed by atoms with Gasteiger partial charge in [-0.05, 0) is 67.1 Å². The van der Waals surface area contributed by atoms with Crippen LogP contribution in [0.2, 0.25) is 18.1 Å². The van der Waals surface area contributed by atoms with Crippen molar-refractivity contribution in [2.75, 3.05) is 40.0 Å². The van der Waals surface area contributed by atoms with Gasteiger partial charge in [0.05, 0.1) is 32.5 Å². The van der Waals surface area contributed by atoms with Gasteiger partial charge in [-0.25, -0.2) is 4.79 Å². The molecule has 1 saturated heterocycles. The molecule has 2 aromatic rings. The zero-order valence-electron chi connectivity index (χ0n) is 27.7. The third kappa shape index (κ3) is 9.96. The van der Waals surface area contributed by atoms with Crippen LogP contribution >= 0.6 is 0 Å². The van der Waals surface area contributed by atoms with Crippen molar-refractivity contribution in [1.29, 1.82) is 0 Å². The number of rotatable bonds is 14. The smallest absolute Gasteiger partial charge is 0.407 e. The number of hydrogen-bond donors (Lipinski definition) is 1. The quantitative estimate of drug-likeness (QED) is 0.179. The lowest BCUT2D eigenvalue weighted by Gasteiger charge is -2.40. The highest BCUT2D eigenvalue weighted by Crippen LogP contribution is 2.39. The fourth-order valence-corrected chi connectivity index (χ4v) is 7.22. The lowest BCUT2D eigenvalue weighted by Crippen LogP contribution is -2.48. The lowest BCUT2D eigenvalue weighted by molar-refractivity contribution is -0.0313. The SMILES string of the molecule is COc1cc(CCO[C@H]2CCCCC2N2CC[C@H](O[Si](C)(C)C(C)(C)C)C2)ccc1OCCNC(=O)OCc1ccccc1. The molecule has 0 bridgehead atoms. The number of likely N-dealkylation sites (tertiary alicyclic amines) is 1. The van der Waals surface area contributed by atoms with Gasteiger partial charge in [0.15, 0.2) is 19.8 Å². The minimum Gasteiger partial charge on any atom is -0.493 e. The number of nitrogens with zero attached hydrogens (tertiary/aromatic N) is 1. The molecule has 1 amide bonds. The summed E-state index contributed by atoms with van der Waals surface area (Å²) in [5, 5.41) is 2.96. The molecule has 4 rings (SSSR count). The molecule has 0 aromatic heterocycles. The second kappa shape index (κ2) is 16.1. The van der Waals surface area contributed by atoms with Crippen LogP contribution in [0.4, 0.5) is 4.79 Å². The number of amides is 1. The highest BCUT2D eigenvalue weighted by atomic mass is 28.4. The fraction of sp³-hybridized carbons (Fsp3) is 0.629. The van der Waals surface area contributed by atoms with Gasteiger partial charge in [-0.15, -0.1) is 0 Å². The Hall–Kier alpha value is -2.59. The molecular weight excluding hydrogens is 572 g/mol. The van der Waals surface area contributed by atoms with E-state index in [0.717, 1.165) is 43.5 Å². The normalized spacial score (nSPS) is 21.2. The minimum absolute atomic E-state index is 0.235. The van der Waals surface area contributed by atoms with E-state index in [2.05, 4.69) is 50.1 Å². The number of alkyl carbamates (subject to hydrolysis) is 1. The van der Waals surface area contributed by atoms with E-state index < -0.39 is 14.4 Å². The van der Waals surface area contributed by atoms with Gasteiger partial charge >= 0.3 is 6.09 Å². The first-order valence-electron chi connectivity index (χ1n) is 16.3. The molecule has 1 saturated carbocycles. The Kier molecular flexibility index (Phi) is 12.6. The van der Waals surface area contributed by atoms with Gasteiger partial charge in [-0.2, -0.15) is 0 Å². The first-order chi connectivity index (χ1) is 21.1. The largest absolute Gasteiger partial charge is 0.493 e. The van der Waals surface area contributed by atoms with Gasteiger partial charge in [0.1, 0.15) is 13.2 Å². The third-order valence-electron chi connectivity index (χ3n) is 9.37. The molecule has 0 radical (unpaired) electrons. The summed E-state index contributed by atoms with van der Waals surface area (Å²) in [6, 6.07) is 16.1. The van der Waals surface area contributed by atoms with Crippen LogP contribution in [0.5, 0.6) is 11.5 Å². The second-order valence-electron chi connectivity index (χ2n) is 13.6. The van der Waals surface area contributed by atoms with E-state index in [9.17, 15) is 4.79 Å². The van der Waals surface area contributed by atoms with E-state index in [1.807, 2.05) is 42.5 Å². The summed E-state index contributed by atoms with van der Waals surface area (Å²) in [5.41, 5.74) is 2.09. The maximum Gasteiger partial charge on any atom is 0.407 e.